The van der Waals surface area contributed by atoms with Crippen LogP contribution >= 0.6 is 11.3 Å². The quantitative estimate of drug-likeness (QED) is 0.694. The van der Waals surface area contributed by atoms with E-state index >= 15 is 0 Å². The third-order valence-corrected chi connectivity index (χ3v) is 3.36. The average Bonchev–Trinajstić information content (AvgIpc) is 3.07. The average molecular weight is 311 g/mol. The molecule has 11 heteroatoms. The number of aryl methyl sites for hydroxylation is 1. The number of hydrogen-bond acceptors (Lipinski definition) is 7. The summed E-state index contributed by atoms with van der Waals surface area (Å²) < 4.78 is 1.34. The van der Waals surface area contributed by atoms with Gasteiger partial charge in [0.05, 0.1) is 12.7 Å². The lowest BCUT2D eigenvalue weighted by Crippen LogP contribution is -2.31. The lowest BCUT2D eigenvalue weighted by Gasteiger charge is -2.04. The summed E-state index contributed by atoms with van der Waals surface area (Å²) in [5.41, 5.74) is -0.139. The first-order chi connectivity index (χ1) is 10.1. The predicted octanol–water partition coefficient (Wildman–Crippen LogP) is 0.212. The Labute approximate surface area is 123 Å². The summed E-state index contributed by atoms with van der Waals surface area (Å²) in [6.45, 7) is 2.53. The zero-order chi connectivity index (χ0) is 15.2. The first-order valence-electron chi connectivity index (χ1n) is 6.09. The van der Waals surface area contributed by atoms with Crippen molar-refractivity contribution in [1.29, 1.82) is 0 Å². The van der Waals surface area contributed by atoms with E-state index in [0.717, 1.165) is 11.4 Å². The maximum absolute atomic E-state index is 11.6. The van der Waals surface area contributed by atoms with Crippen molar-refractivity contribution in [2.24, 2.45) is 0 Å². The Hall–Kier alpha value is -2.56. The minimum absolute atomic E-state index is 0.139. The number of amides is 2. The van der Waals surface area contributed by atoms with Gasteiger partial charge < -0.3 is 10.4 Å². The topological polar surface area (TPSA) is 135 Å². The fourth-order valence-electron chi connectivity index (χ4n) is 1.38. The van der Waals surface area contributed by atoms with E-state index in [1.807, 2.05) is 6.92 Å². The molecule has 10 nitrogen and oxygen atoms in total. The fraction of sp³-hybridized carbons (Fsp3) is 0.400. The van der Waals surface area contributed by atoms with Crippen molar-refractivity contribution in [2.75, 3.05) is 11.9 Å². The van der Waals surface area contributed by atoms with Gasteiger partial charge in [-0.05, 0) is 6.42 Å². The second kappa shape index (κ2) is 6.74. The van der Waals surface area contributed by atoms with Crippen LogP contribution in [0.3, 0.4) is 0 Å². The second-order valence-corrected chi connectivity index (χ2v) is 4.97. The number of nitrogens with zero attached hydrogens (tertiary/aromatic N) is 5. The lowest BCUT2D eigenvalue weighted by molar-refractivity contribution is 0.0690. The molecule has 0 bridgehead atoms. The molecular weight excluding hydrogens is 298 g/mol. The smallest absolute Gasteiger partial charge is 0.358 e. The molecule has 0 atom stereocenters. The standard InChI is InChI=1S/C10H13N7O3S/c1-2-7-14-15-10(21-7)12-9(20)11-3-4-17-5-6(8(18)19)13-16-17/h5H,2-4H2,1H3,(H,18,19)(H2,11,12,15,20). The third-order valence-electron chi connectivity index (χ3n) is 2.37. The number of aromatic nitrogens is 5. The maximum Gasteiger partial charge on any atom is 0.358 e. The van der Waals surface area contributed by atoms with Gasteiger partial charge in [0.25, 0.3) is 0 Å². The van der Waals surface area contributed by atoms with Crippen LogP contribution < -0.4 is 10.6 Å². The van der Waals surface area contributed by atoms with E-state index in [0.29, 0.717) is 11.7 Å². The van der Waals surface area contributed by atoms with Gasteiger partial charge in [0.1, 0.15) is 5.01 Å². The zero-order valence-corrected chi connectivity index (χ0v) is 11.9. The van der Waals surface area contributed by atoms with E-state index in [1.165, 1.54) is 22.2 Å². The summed E-state index contributed by atoms with van der Waals surface area (Å²) in [5.74, 6) is -1.14. The molecule has 21 heavy (non-hydrogen) atoms. The Morgan fingerprint density at radius 1 is 1.38 bits per heavy atom. The molecule has 0 unspecified atom stereocenters. The van der Waals surface area contributed by atoms with Crippen molar-refractivity contribution in [3.63, 3.8) is 0 Å². The number of urea groups is 1. The fourth-order valence-corrected chi connectivity index (χ4v) is 2.05. The van der Waals surface area contributed by atoms with Crippen LogP contribution in [0.15, 0.2) is 6.20 Å². The highest BCUT2D eigenvalue weighted by Crippen LogP contribution is 2.14. The third kappa shape index (κ3) is 4.21. The van der Waals surface area contributed by atoms with Crippen LogP contribution in [-0.2, 0) is 13.0 Å². The van der Waals surface area contributed by atoms with E-state index in [9.17, 15) is 9.59 Å². The van der Waals surface area contributed by atoms with Gasteiger partial charge in [0.2, 0.25) is 5.13 Å². The number of rotatable bonds is 6. The van der Waals surface area contributed by atoms with Gasteiger partial charge in [-0.15, -0.1) is 15.3 Å². The SMILES string of the molecule is CCc1nnc(NC(=O)NCCn2cc(C(=O)O)nn2)s1. The molecule has 2 rings (SSSR count). The van der Waals surface area contributed by atoms with Gasteiger partial charge >= 0.3 is 12.0 Å². The van der Waals surface area contributed by atoms with Gasteiger partial charge in [-0.2, -0.15) is 0 Å². The molecule has 112 valence electrons. The molecule has 0 aliphatic carbocycles. The van der Waals surface area contributed by atoms with Crippen LogP contribution in [0.2, 0.25) is 0 Å². The van der Waals surface area contributed by atoms with Crippen molar-refractivity contribution in [3.05, 3.63) is 16.9 Å². The number of carbonyl (C=O) groups is 2. The van der Waals surface area contributed by atoms with Crippen molar-refractivity contribution in [2.45, 2.75) is 19.9 Å². The number of nitrogens with one attached hydrogen (secondary N) is 2. The Balaban J connectivity index is 1.74. The summed E-state index contributed by atoms with van der Waals surface area (Å²) in [4.78, 5) is 22.2. The number of carboxylic acids is 1. The number of carbonyl (C=O) groups excluding carboxylic acids is 1. The van der Waals surface area contributed by atoms with E-state index in [2.05, 4.69) is 31.1 Å². The molecule has 0 saturated heterocycles. The summed E-state index contributed by atoms with van der Waals surface area (Å²) in [7, 11) is 0. The molecular formula is C10H13N7O3S. The van der Waals surface area contributed by atoms with Crippen LogP contribution in [0.25, 0.3) is 0 Å². The van der Waals surface area contributed by atoms with Crippen LogP contribution in [0.1, 0.15) is 22.4 Å². The summed E-state index contributed by atoms with van der Waals surface area (Å²) >= 11 is 1.31. The summed E-state index contributed by atoms with van der Waals surface area (Å²) in [6.07, 6.45) is 2.05. The van der Waals surface area contributed by atoms with Gasteiger partial charge in [-0.25, -0.2) is 14.3 Å². The largest absolute Gasteiger partial charge is 0.476 e. The summed E-state index contributed by atoms with van der Waals surface area (Å²) in [5, 5.41) is 29.9. The molecule has 2 amide bonds. The minimum Gasteiger partial charge on any atom is -0.476 e. The van der Waals surface area contributed by atoms with E-state index in [-0.39, 0.29) is 12.2 Å². The molecule has 0 aromatic carbocycles. The first-order valence-corrected chi connectivity index (χ1v) is 6.90. The monoisotopic (exact) mass is 311 g/mol. The molecule has 2 heterocycles. The second-order valence-electron chi connectivity index (χ2n) is 3.91. The highest BCUT2D eigenvalue weighted by atomic mass is 32.1. The van der Waals surface area contributed by atoms with Crippen LogP contribution in [-0.4, -0.2) is 48.8 Å². The molecule has 0 aliphatic rings. The molecule has 2 aromatic heterocycles. The van der Waals surface area contributed by atoms with Gasteiger partial charge in [-0.1, -0.05) is 23.5 Å². The maximum atomic E-state index is 11.6. The number of hydrogen-bond donors (Lipinski definition) is 3. The Kier molecular flexibility index (Phi) is 4.77. The Morgan fingerprint density at radius 3 is 2.81 bits per heavy atom. The molecule has 0 radical (unpaired) electrons. The molecule has 2 aromatic rings. The minimum atomic E-state index is -1.14. The Bertz CT molecular complexity index is 638. The zero-order valence-electron chi connectivity index (χ0n) is 11.1. The van der Waals surface area contributed by atoms with E-state index < -0.39 is 12.0 Å². The number of carboxylic acid groups (broad SMARTS) is 1. The van der Waals surface area contributed by atoms with Crippen molar-refractivity contribution >= 4 is 28.5 Å². The van der Waals surface area contributed by atoms with Crippen molar-refractivity contribution < 1.29 is 14.7 Å². The van der Waals surface area contributed by atoms with E-state index in [1.54, 1.807) is 0 Å². The first kappa shape index (κ1) is 14.8. The summed E-state index contributed by atoms with van der Waals surface area (Å²) in [6, 6.07) is -0.410. The predicted molar refractivity (Wildman–Crippen MR) is 73.3 cm³/mol. The Morgan fingerprint density at radius 2 is 2.19 bits per heavy atom. The van der Waals surface area contributed by atoms with Gasteiger partial charge in [-0.3, -0.25) is 5.32 Å². The highest BCUT2D eigenvalue weighted by molar-refractivity contribution is 7.15. The number of aromatic carboxylic acids is 1. The number of anilines is 1. The van der Waals surface area contributed by atoms with Gasteiger partial charge in [0, 0.05) is 6.54 Å². The molecule has 3 N–H and O–H groups in total. The van der Waals surface area contributed by atoms with Crippen LogP contribution in [0.5, 0.6) is 0 Å². The van der Waals surface area contributed by atoms with Crippen LogP contribution in [0.4, 0.5) is 9.93 Å². The molecule has 0 aliphatic heterocycles. The molecule has 0 fully saturated rings. The highest BCUT2D eigenvalue weighted by Gasteiger charge is 2.09. The van der Waals surface area contributed by atoms with E-state index in [4.69, 9.17) is 5.11 Å². The van der Waals surface area contributed by atoms with Gasteiger partial charge in [0.15, 0.2) is 5.69 Å². The normalized spacial score (nSPS) is 10.3. The molecule has 0 spiro atoms. The van der Waals surface area contributed by atoms with Crippen molar-refractivity contribution in [3.8, 4) is 0 Å². The molecule has 0 saturated carbocycles. The van der Waals surface area contributed by atoms with Crippen molar-refractivity contribution in [1.82, 2.24) is 30.5 Å². The van der Waals surface area contributed by atoms with Crippen LogP contribution in [0, 0.1) is 0 Å². The lowest BCUT2D eigenvalue weighted by atomic mass is 10.5.